The Morgan fingerprint density at radius 3 is 2.52 bits per heavy atom. The molecule has 0 saturated heterocycles. The van der Waals surface area contributed by atoms with Crippen LogP contribution in [0, 0.1) is 13.8 Å². The first-order valence-corrected chi connectivity index (χ1v) is 9.32. The molecule has 1 N–H and O–H groups in total. The van der Waals surface area contributed by atoms with Crippen LogP contribution in [0.15, 0.2) is 63.8 Å². The van der Waals surface area contributed by atoms with E-state index >= 15 is 0 Å². The third kappa shape index (κ3) is 3.59. The number of benzene rings is 3. The SMILES string of the molecule is Cc1c(CC(=O)O)c(=O)oc2c(C)c(OCc3ccc4ccccc4c3)ccc12. The summed E-state index contributed by atoms with van der Waals surface area (Å²) in [5.74, 6) is -0.439. The van der Waals surface area contributed by atoms with Gasteiger partial charge in [0.15, 0.2) is 0 Å². The summed E-state index contributed by atoms with van der Waals surface area (Å²) < 4.78 is 11.5. The fourth-order valence-electron chi connectivity index (χ4n) is 3.57. The van der Waals surface area contributed by atoms with Gasteiger partial charge in [0.2, 0.25) is 0 Å². The van der Waals surface area contributed by atoms with Gasteiger partial charge in [-0.15, -0.1) is 0 Å². The molecule has 4 rings (SSSR count). The van der Waals surface area contributed by atoms with E-state index in [1.54, 1.807) is 6.92 Å². The largest absolute Gasteiger partial charge is 0.488 e. The summed E-state index contributed by atoms with van der Waals surface area (Å²) in [6, 6.07) is 18.0. The number of rotatable bonds is 5. The van der Waals surface area contributed by atoms with E-state index in [1.165, 1.54) is 5.39 Å². The minimum atomic E-state index is -1.06. The minimum absolute atomic E-state index is 0.175. The lowest BCUT2D eigenvalue weighted by Crippen LogP contribution is -2.15. The van der Waals surface area contributed by atoms with Gasteiger partial charge in [0.25, 0.3) is 0 Å². The highest BCUT2D eigenvalue weighted by Gasteiger charge is 2.17. The second kappa shape index (κ2) is 7.43. The van der Waals surface area contributed by atoms with E-state index < -0.39 is 11.6 Å². The first kappa shape index (κ1) is 18.7. The quantitative estimate of drug-likeness (QED) is 0.499. The maximum absolute atomic E-state index is 12.3. The molecule has 0 aliphatic rings. The van der Waals surface area contributed by atoms with Crippen LogP contribution in [-0.4, -0.2) is 11.1 Å². The van der Waals surface area contributed by atoms with E-state index in [0.717, 1.165) is 16.3 Å². The van der Waals surface area contributed by atoms with Gasteiger partial charge >= 0.3 is 11.6 Å². The molecular weight excluding hydrogens is 368 g/mol. The molecule has 4 aromatic rings. The van der Waals surface area contributed by atoms with E-state index in [4.69, 9.17) is 14.3 Å². The second-order valence-electron chi connectivity index (χ2n) is 7.10. The zero-order valence-electron chi connectivity index (χ0n) is 16.2. The molecule has 0 atom stereocenters. The van der Waals surface area contributed by atoms with Gasteiger partial charge in [-0.05, 0) is 53.9 Å². The van der Waals surface area contributed by atoms with E-state index in [9.17, 15) is 9.59 Å². The van der Waals surface area contributed by atoms with Gasteiger partial charge in [0.1, 0.15) is 17.9 Å². The highest BCUT2D eigenvalue weighted by molar-refractivity contribution is 5.86. The maximum Gasteiger partial charge on any atom is 0.340 e. The summed E-state index contributed by atoms with van der Waals surface area (Å²) in [6.07, 6.45) is -0.358. The van der Waals surface area contributed by atoms with Crippen LogP contribution in [0.25, 0.3) is 21.7 Å². The monoisotopic (exact) mass is 388 g/mol. The molecule has 0 amide bonds. The summed E-state index contributed by atoms with van der Waals surface area (Å²) in [6.45, 7) is 3.96. The Morgan fingerprint density at radius 1 is 1.00 bits per heavy atom. The van der Waals surface area contributed by atoms with Crippen LogP contribution >= 0.6 is 0 Å². The molecule has 146 valence electrons. The molecule has 5 nitrogen and oxygen atoms in total. The first-order chi connectivity index (χ1) is 13.9. The van der Waals surface area contributed by atoms with E-state index in [0.29, 0.717) is 29.1 Å². The van der Waals surface area contributed by atoms with Crippen LogP contribution in [0.2, 0.25) is 0 Å². The summed E-state index contributed by atoms with van der Waals surface area (Å²) in [7, 11) is 0. The molecule has 3 aromatic carbocycles. The van der Waals surface area contributed by atoms with Crippen molar-refractivity contribution in [2.75, 3.05) is 0 Å². The predicted octanol–water partition coefficient (Wildman–Crippen LogP) is 4.77. The Hall–Kier alpha value is -3.60. The van der Waals surface area contributed by atoms with Gasteiger partial charge < -0.3 is 14.3 Å². The molecule has 1 heterocycles. The van der Waals surface area contributed by atoms with Gasteiger partial charge in [0, 0.05) is 10.9 Å². The van der Waals surface area contributed by atoms with Crippen LogP contribution in [0.4, 0.5) is 0 Å². The molecule has 5 heteroatoms. The van der Waals surface area contributed by atoms with Crippen molar-refractivity contribution in [3.8, 4) is 5.75 Å². The number of aryl methyl sites for hydroxylation is 2. The van der Waals surface area contributed by atoms with Crippen molar-refractivity contribution in [1.82, 2.24) is 0 Å². The molecular formula is C24H20O5. The van der Waals surface area contributed by atoms with Crippen molar-refractivity contribution in [3.05, 3.63) is 87.3 Å². The lowest BCUT2D eigenvalue weighted by molar-refractivity contribution is -0.136. The van der Waals surface area contributed by atoms with Gasteiger partial charge in [0.05, 0.1) is 12.0 Å². The van der Waals surface area contributed by atoms with E-state index in [2.05, 4.69) is 24.3 Å². The number of hydrogen-bond acceptors (Lipinski definition) is 4. The maximum atomic E-state index is 12.3. The van der Waals surface area contributed by atoms with Crippen molar-refractivity contribution < 1.29 is 19.1 Å². The number of carboxylic acid groups (broad SMARTS) is 1. The number of fused-ring (bicyclic) bond motifs is 2. The first-order valence-electron chi connectivity index (χ1n) is 9.32. The Kier molecular flexibility index (Phi) is 4.80. The highest BCUT2D eigenvalue weighted by atomic mass is 16.5. The zero-order chi connectivity index (χ0) is 20.5. The molecule has 0 aliphatic carbocycles. The molecule has 0 bridgehead atoms. The Morgan fingerprint density at radius 2 is 1.76 bits per heavy atom. The average Bonchev–Trinajstić information content (AvgIpc) is 2.71. The van der Waals surface area contributed by atoms with Crippen LogP contribution in [0.1, 0.15) is 22.3 Å². The van der Waals surface area contributed by atoms with E-state index in [1.807, 2.05) is 37.3 Å². The normalized spacial score (nSPS) is 11.1. The summed E-state index contributed by atoms with van der Waals surface area (Å²) in [5, 5.41) is 12.1. The second-order valence-corrected chi connectivity index (χ2v) is 7.10. The van der Waals surface area contributed by atoms with Crippen LogP contribution < -0.4 is 10.4 Å². The average molecular weight is 388 g/mol. The molecule has 0 spiro atoms. The third-order valence-corrected chi connectivity index (χ3v) is 5.19. The number of ether oxygens (including phenoxy) is 1. The number of aliphatic carboxylic acids is 1. The van der Waals surface area contributed by atoms with Crippen molar-refractivity contribution in [3.63, 3.8) is 0 Å². The van der Waals surface area contributed by atoms with E-state index in [-0.39, 0.29) is 12.0 Å². The standard InChI is InChI=1S/C24H20O5/c1-14-19-9-10-21(15(2)23(19)29-24(27)20(14)12-22(25)26)28-13-16-7-8-17-5-3-4-6-18(17)11-16/h3-11H,12-13H2,1-2H3,(H,25,26). The highest BCUT2D eigenvalue weighted by Crippen LogP contribution is 2.30. The van der Waals surface area contributed by atoms with Crippen molar-refractivity contribution >= 4 is 27.7 Å². The van der Waals surface area contributed by atoms with Gasteiger partial charge in [-0.25, -0.2) is 4.79 Å². The predicted molar refractivity (Wildman–Crippen MR) is 112 cm³/mol. The molecule has 0 saturated carbocycles. The lowest BCUT2D eigenvalue weighted by atomic mass is 10.0. The fraction of sp³-hybridized carbons (Fsp3) is 0.167. The summed E-state index contributed by atoms with van der Waals surface area (Å²) in [4.78, 5) is 23.3. The van der Waals surface area contributed by atoms with Gasteiger partial charge in [-0.2, -0.15) is 0 Å². The Labute approximate surface area is 167 Å². The van der Waals surface area contributed by atoms with Crippen molar-refractivity contribution in [1.29, 1.82) is 0 Å². The molecule has 0 fully saturated rings. The Bertz CT molecular complexity index is 1300. The smallest absolute Gasteiger partial charge is 0.340 e. The number of hydrogen-bond donors (Lipinski definition) is 1. The fourth-order valence-corrected chi connectivity index (χ4v) is 3.57. The number of carbonyl (C=O) groups is 1. The molecule has 0 radical (unpaired) electrons. The van der Waals surface area contributed by atoms with Crippen molar-refractivity contribution in [2.24, 2.45) is 0 Å². The van der Waals surface area contributed by atoms with Crippen molar-refractivity contribution in [2.45, 2.75) is 26.9 Å². The van der Waals surface area contributed by atoms with Crippen LogP contribution in [0.5, 0.6) is 5.75 Å². The lowest BCUT2D eigenvalue weighted by Gasteiger charge is -2.13. The van der Waals surface area contributed by atoms with Gasteiger partial charge in [-0.1, -0.05) is 36.4 Å². The number of carboxylic acids is 1. The molecule has 0 unspecified atom stereocenters. The third-order valence-electron chi connectivity index (χ3n) is 5.19. The zero-order valence-corrected chi connectivity index (χ0v) is 16.2. The summed E-state index contributed by atoms with van der Waals surface area (Å²) >= 11 is 0. The minimum Gasteiger partial charge on any atom is -0.488 e. The Balaban J connectivity index is 1.66. The molecule has 0 aliphatic heterocycles. The summed E-state index contributed by atoms with van der Waals surface area (Å²) in [5.41, 5.74) is 2.37. The van der Waals surface area contributed by atoms with Crippen LogP contribution in [-0.2, 0) is 17.8 Å². The molecule has 29 heavy (non-hydrogen) atoms. The topological polar surface area (TPSA) is 76.7 Å². The molecule has 1 aromatic heterocycles. The van der Waals surface area contributed by atoms with Gasteiger partial charge in [-0.3, -0.25) is 4.79 Å². The van der Waals surface area contributed by atoms with Crippen LogP contribution in [0.3, 0.4) is 0 Å².